The summed E-state index contributed by atoms with van der Waals surface area (Å²) in [5, 5.41) is 8.98. The van der Waals surface area contributed by atoms with Crippen LogP contribution in [0.5, 0.6) is 11.5 Å². The monoisotopic (exact) mass is 208 g/mol. The summed E-state index contributed by atoms with van der Waals surface area (Å²) in [6, 6.07) is 5.89. The van der Waals surface area contributed by atoms with Gasteiger partial charge in [0.15, 0.2) is 0 Å². The minimum atomic E-state index is 0.232. The number of benzene rings is 1. The Morgan fingerprint density at radius 3 is 3.13 bits per heavy atom. The molecule has 2 rings (SSSR count). The van der Waals surface area contributed by atoms with Gasteiger partial charge in [-0.15, -0.1) is 0 Å². The highest BCUT2D eigenvalue weighted by atomic mass is 16.5. The summed E-state index contributed by atoms with van der Waals surface area (Å²) in [6.07, 6.45) is 1.79. The van der Waals surface area contributed by atoms with E-state index in [1.165, 1.54) is 5.56 Å². The van der Waals surface area contributed by atoms with Gasteiger partial charge in [0.25, 0.3) is 0 Å². The van der Waals surface area contributed by atoms with Crippen LogP contribution in [0.4, 0.5) is 0 Å². The van der Waals surface area contributed by atoms with Gasteiger partial charge in [-0.1, -0.05) is 6.07 Å². The second kappa shape index (κ2) is 4.53. The molecule has 0 amide bonds. The van der Waals surface area contributed by atoms with Crippen molar-refractivity contribution in [2.24, 2.45) is 0 Å². The van der Waals surface area contributed by atoms with Crippen LogP contribution in [-0.4, -0.2) is 25.4 Å². The van der Waals surface area contributed by atoms with Gasteiger partial charge in [0, 0.05) is 12.7 Å². The van der Waals surface area contributed by atoms with Gasteiger partial charge in [-0.2, -0.15) is 0 Å². The van der Waals surface area contributed by atoms with E-state index in [0.717, 1.165) is 30.9 Å². The first-order chi connectivity index (χ1) is 7.35. The van der Waals surface area contributed by atoms with E-state index in [9.17, 15) is 0 Å². The molecule has 15 heavy (non-hydrogen) atoms. The lowest BCUT2D eigenvalue weighted by atomic mass is 9.90. The van der Waals surface area contributed by atoms with Crippen LogP contribution < -0.4 is 9.47 Å². The van der Waals surface area contributed by atoms with Crippen LogP contribution in [0.1, 0.15) is 24.3 Å². The quantitative estimate of drug-likeness (QED) is 0.825. The Kier molecular flexibility index (Phi) is 3.11. The zero-order chi connectivity index (χ0) is 10.7. The average Bonchev–Trinajstić information content (AvgIpc) is 2.29. The summed E-state index contributed by atoms with van der Waals surface area (Å²) in [4.78, 5) is 0. The first-order valence-corrected chi connectivity index (χ1v) is 5.26. The molecule has 1 atom stereocenters. The van der Waals surface area contributed by atoms with Crippen LogP contribution in [0.15, 0.2) is 18.2 Å². The Bertz CT molecular complexity index is 336. The highest BCUT2D eigenvalue weighted by Gasteiger charge is 2.21. The van der Waals surface area contributed by atoms with E-state index in [1.54, 1.807) is 7.11 Å². The number of hydrogen-bond acceptors (Lipinski definition) is 3. The van der Waals surface area contributed by atoms with Gasteiger partial charge < -0.3 is 14.6 Å². The molecule has 0 spiro atoms. The third kappa shape index (κ3) is 2.07. The van der Waals surface area contributed by atoms with Crippen molar-refractivity contribution in [3.05, 3.63) is 23.8 Å². The molecule has 3 nitrogen and oxygen atoms in total. The summed E-state index contributed by atoms with van der Waals surface area (Å²) in [5.74, 6) is 2.14. The fraction of sp³-hybridized carbons (Fsp3) is 0.500. The highest BCUT2D eigenvalue weighted by Crippen LogP contribution is 2.37. The highest BCUT2D eigenvalue weighted by molar-refractivity contribution is 5.43. The van der Waals surface area contributed by atoms with Crippen molar-refractivity contribution >= 4 is 0 Å². The Balaban J connectivity index is 2.28. The molecule has 1 aliphatic rings. The lowest BCUT2D eigenvalue weighted by molar-refractivity contribution is 0.229. The van der Waals surface area contributed by atoms with E-state index in [-0.39, 0.29) is 6.61 Å². The van der Waals surface area contributed by atoms with E-state index in [1.807, 2.05) is 18.2 Å². The second-order valence-corrected chi connectivity index (χ2v) is 3.75. The van der Waals surface area contributed by atoms with E-state index < -0.39 is 0 Å². The molecule has 1 aliphatic heterocycles. The molecular weight excluding hydrogens is 192 g/mol. The minimum Gasteiger partial charge on any atom is -0.497 e. The zero-order valence-corrected chi connectivity index (χ0v) is 8.90. The van der Waals surface area contributed by atoms with Crippen LogP contribution in [-0.2, 0) is 0 Å². The van der Waals surface area contributed by atoms with Gasteiger partial charge >= 0.3 is 0 Å². The topological polar surface area (TPSA) is 38.7 Å². The molecule has 1 N–H and O–H groups in total. The van der Waals surface area contributed by atoms with Crippen molar-refractivity contribution in [1.82, 2.24) is 0 Å². The fourth-order valence-corrected chi connectivity index (χ4v) is 2.03. The van der Waals surface area contributed by atoms with Gasteiger partial charge in [-0.25, -0.2) is 0 Å². The average molecular weight is 208 g/mol. The molecule has 0 saturated heterocycles. The lowest BCUT2D eigenvalue weighted by Crippen LogP contribution is -2.15. The third-order valence-corrected chi connectivity index (χ3v) is 2.86. The zero-order valence-electron chi connectivity index (χ0n) is 8.90. The third-order valence-electron chi connectivity index (χ3n) is 2.86. The van der Waals surface area contributed by atoms with Crippen LogP contribution >= 0.6 is 0 Å². The maximum absolute atomic E-state index is 8.98. The molecule has 0 saturated carbocycles. The second-order valence-electron chi connectivity index (χ2n) is 3.75. The number of fused-ring (bicyclic) bond motifs is 1. The van der Waals surface area contributed by atoms with Gasteiger partial charge in [0.2, 0.25) is 0 Å². The van der Waals surface area contributed by atoms with E-state index >= 15 is 0 Å². The number of methoxy groups -OCH3 is 1. The number of aliphatic hydroxyl groups excluding tert-OH is 1. The Morgan fingerprint density at radius 1 is 1.53 bits per heavy atom. The molecule has 0 bridgehead atoms. The fourth-order valence-electron chi connectivity index (χ4n) is 2.03. The predicted molar refractivity (Wildman–Crippen MR) is 57.5 cm³/mol. The van der Waals surface area contributed by atoms with Crippen molar-refractivity contribution in [1.29, 1.82) is 0 Å². The Morgan fingerprint density at radius 2 is 2.40 bits per heavy atom. The predicted octanol–water partition coefficient (Wildman–Crippen LogP) is 1.94. The maximum atomic E-state index is 8.98. The SMILES string of the molecule is COc1ccc2c(c1)OCCC2CCO. The van der Waals surface area contributed by atoms with Crippen LogP contribution in [0.2, 0.25) is 0 Å². The molecule has 1 unspecified atom stereocenters. The van der Waals surface area contributed by atoms with Gasteiger partial charge in [-0.05, 0) is 30.4 Å². The first kappa shape index (κ1) is 10.3. The van der Waals surface area contributed by atoms with Crippen molar-refractivity contribution < 1.29 is 14.6 Å². The molecule has 1 heterocycles. The van der Waals surface area contributed by atoms with Crippen LogP contribution in [0.3, 0.4) is 0 Å². The molecular formula is C12H16O3. The van der Waals surface area contributed by atoms with Gasteiger partial charge in [0.05, 0.1) is 13.7 Å². The largest absolute Gasteiger partial charge is 0.497 e. The summed E-state index contributed by atoms with van der Waals surface area (Å²) in [6.45, 7) is 0.959. The molecule has 3 heteroatoms. The van der Waals surface area contributed by atoms with Crippen LogP contribution in [0.25, 0.3) is 0 Å². The number of rotatable bonds is 3. The Hall–Kier alpha value is -1.22. The molecule has 0 radical (unpaired) electrons. The minimum absolute atomic E-state index is 0.232. The summed E-state index contributed by atoms with van der Waals surface area (Å²) in [5.41, 5.74) is 1.19. The summed E-state index contributed by atoms with van der Waals surface area (Å²) < 4.78 is 10.7. The van der Waals surface area contributed by atoms with Gasteiger partial charge in [0.1, 0.15) is 11.5 Å². The molecule has 82 valence electrons. The Labute approximate surface area is 89.6 Å². The summed E-state index contributed by atoms with van der Waals surface area (Å²) >= 11 is 0. The number of aliphatic hydroxyl groups is 1. The van der Waals surface area contributed by atoms with Crippen molar-refractivity contribution in [2.45, 2.75) is 18.8 Å². The van der Waals surface area contributed by atoms with Gasteiger partial charge in [-0.3, -0.25) is 0 Å². The van der Waals surface area contributed by atoms with Crippen LogP contribution in [0, 0.1) is 0 Å². The maximum Gasteiger partial charge on any atom is 0.126 e. The molecule has 1 aromatic carbocycles. The van der Waals surface area contributed by atoms with Crippen molar-refractivity contribution in [2.75, 3.05) is 20.3 Å². The molecule has 1 aromatic rings. The number of ether oxygens (including phenoxy) is 2. The van der Waals surface area contributed by atoms with Crippen molar-refractivity contribution in [3.8, 4) is 11.5 Å². The van der Waals surface area contributed by atoms with Crippen molar-refractivity contribution in [3.63, 3.8) is 0 Å². The normalized spacial score (nSPS) is 19.2. The van der Waals surface area contributed by atoms with E-state index in [4.69, 9.17) is 14.6 Å². The van der Waals surface area contributed by atoms with E-state index in [0.29, 0.717) is 5.92 Å². The summed E-state index contributed by atoms with van der Waals surface area (Å²) in [7, 11) is 1.65. The standard InChI is InChI=1S/C12H16O3/c1-14-10-2-3-11-9(4-6-13)5-7-15-12(11)8-10/h2-3,8-9,13H,4-7H2,1H3. The molecule has 0 aliphatic carbocycles. The smallest absolute Gasteiger partial charge is 0.126 e. The lowest BCUT2D eigenvalue weighted by Gasteiger charge is -2.25. The first-order valence-electron chi connectivity index (χ1n) is 5.26. The van der Waals surface area contributed by atoms with E-state index in [2.05, 4.69) is 0 Å². The molecule has 0 fully saturated rings. The molecule has 0 aromatic heterocycles. The number of hydrogen-bond donors (Lipinski definition) is 1.